The number of pyridine rings is 3. The SMILES string of the molecule is C=C1C(=CC=C2CCC[C@]3(C)[C@@H]([C@H](C)C=C[C@@H](OC(=O)c4ccncc4)C4CC4)CC[C@@H]23)C[C@@H](OC(=O)c2ccncc2)C[C@@H]1OC(=O)c1ccncc1. The van der Waals surface area contributed by atoms with Gasteiger partial charge in [-0.3, -0.25) is 15.0 Å². The summed E-state index contributed by atoms with van der Waals surface area (Å²) in [6.07, 6.45) is 25.5. The van der Waals surface area contributed by atoms with Crippen molar-refractivity contribution in [3.05, 3.63) is 138 Å². The van der Waals surface area contributed by atoms with Gasteiger partial charge in [0.05, 0.1) is 16.7 Å². The standard InChI is InChI=1S/C45H49N3O6/c1-29(6-13-40(32-8-9-32)53-43(50)34-16-23-47-24-17-34)38-11-12-39-31(5-4-20-45(38,39)3)7-10-36-27-37(52-42(49)33-14-21-46-22-15-33)28-41(30(36)2)54-44(51)35-18-25-48-26-19-35/h6-7,10,13-19,21-26,29,32,37-41H,2,4-5,8-9,11-12,20,27-28H2,1,3H3/t29-,37-,38-,39+,40-,41+,45-/m1/s1. The lowest BCUT2D eigenvalue weighted by atomic mass is 9.61. The van der Waals surface area contributed by atoms with E-state index in [4.69, 9.17) is 14.2 Å². The molecule has 3 heterocycles. The molecule has 4 aliphatic rings. The summed E-state index contributed by atoms with van der Waals surface area (Å²) >= 11 is 0. The molecule has 9 nitrogen and oxygen atoms in total. The molecular formula is C45H49N3O6. The Bertz CT molecular complexity index is 1920. The molecule has 9 heteroatoms. The first kappa shape index (κ1) is 37.1. The highest BCUT2D eigenvalue weighted by Crippen LogP contribution is 2.59. The molecule has 0 bridgehead atoms. The van der Waals surface area contributed by atoms with Crippen molar-refractivity contribution in [3.8, 4) is 0 Å². The third-order valence-corrected chi connectivity index (χ3v) is 12.1. The molecule has 4 fully saturated rings. The summed E-state index contributed by atoms with van der Waals surface area (Å²) in [7, 11) is 0. The summed E-state index contributed by atoms with van der Waals surface area (Å²) in [4.78, 5) is 51.1. The zero-order valence-corrected chi connectivity index (χ0v) is 31.1. The van der Waals surface area contributed by atoms with Crippen LogP contribution in [0.4, 0.5) is 0 Å². The van der Waals surface area contributed by atoms with Crippen LogP contribution in [0.1, 0.15) is 103 Å². The number of allylic oxidation sites excluding steroid dienone is 4. The molecule has 3 aromatic heterocycles. The van der Waals surface area contributed by atoms with E-state index in [1.54, 1.807) is 73.6 Å². The second-order valence-corrected chi connectivity index (χ2v) is 15.6. The molecular weight excluding hydrogens is 679 g/mol. The fourth-order valence-corrected chi connectivity index (χ4v) is 8.99. The van der Waals surface area contributed by atoms with Crippen LogP contribution in [0.3, 0.4) is 0 Å². The number of esters is 3. The van der Waals surface area contributed by atoms with Crippen molar-refractivity contribution in [1.29, 1.82) is 0 Å². The fourth-order valence-electron chi connectivity index (χ4n) is 8.99. The highest BCUT2D eigenvalue weighted by molar-refractivity contribution is 5.90. The van der Waals surface area contributed by atoms with Crippen molar-refractivity contribution in [3.63, 3.8) is 0 Å². The predicted molar refractivity (Wildman–Crippen MR) is 204 cm³/mol. The fraction of sp³-hybridized carbons (Fsp3) is 0.422. The van der Waals surface area contributed by atoms with Crippen LogP contribution in [0.5, 0.6) is 0 Å². The highest BCUT2D eigenvalue weighted by atomic mass is 16.6. The molecule has 0 aromatic carbocycles. The van der Waals surface area contributed by atoms with Crippen LogP contribution in [0, 0.1) is 29.1 Å². The zero-order valence-electron chi connectivity index (χ0n) is 31.1. The number of fused-ring (bicyclic) bond motifs is 1. The minimum absolute atomic E-state index is 0.143. The van der Waals surface area contributed by atoms with Crippen molar-refractivity contribution in [2.75, 3.05) is 0 Å². The van der Waals surface area contributed by atoms with Crippen molar-refractivity contribution < 1.29 is 28.6 Å². The van der Waals surface area contributed by atoms with E-state index < -0.39 is 24.1 Å². The van der Waals surface area contributed by atoms with Crippen LogP contribution in [-0.2, 0) is 14.2 Å². The largest absolute Gasteiger partial charge is 0.458 e. The lowest BCUT2D eigenvalue weighted by molar-refractivity contribution is 0.00211. The van der Waals surface area contributed by atoms with E-state index in [9.17, 15) is 14.4 Å². The Morgan fingerprint density at radius 3 is 2.00 bits per heavy atom. The van der Waals surface area contributed by atoms with E-state index >= 15 is 0 Å². The Balaban J connectivity index is 1.06. The van der Waals surface area contributed by atoms with Crippen LogP contribution in [0.25, 0.3) is 0 Å². The molecule has 0 aliphatic heterocycles. The maximum Gasteiger partial charge on any atom is 0.338 e. The molecule has 0 amide bonds. The summed E-state index contributed by atoms with van der Waals surface area (Å²) in [6, 6.07) is 9.88. The van der Waals surface area contributed by atoms with E-state index in [1.165, 1.54) is 12.0 Å². The number of carbonyl (C=O) groups excluding carboxylic acids is 3. The maximum atomic E-state index is 13.1. The van der Waals surface area contributed by atoms with Gasteiger partial charge in [0.25, 0.3) is 0 Å². The summed E-state index contributed by atoms with van der Waals surface area (Å²) in [5.41, 5.74) is 4.57. The topological polar surface area (TPSA) is 118 Å². The zero-order chi connectivity index (χ0) is 37.7. The van der Waals surface area contributed by atoms with Gasteiger partial charge in [0, 0.05) is 50.0 Å². The lowest BCUT2D eigenvalue weighted by Gasteiger charge is -2.44. The lowest BCUT2D eigenvalue weighted by Crippen LogP contribution is -2.35. The maximum absolute atomic E-state index is 13.1. The van der Waals surface area contributed by atoms with E-state index in [1.807, 2.05) is 0 Å². The Kier molecular flexibility index (Phi) is 11.3. The molecule has 3 aromatic rings. The monoisotopic (exact) mass is 727 g/mol. The Labute approximate surface area is 317 Å². The average Bonchev–Trinajstić information content (AvgIpc) is 3.98. The Morgan fingerprint density at radius 1 is 0.796 bits per heavy atom. The van der Waals surface area contributed by atoms with Crippen molar-refractivity contribution in [2.24, 2.45) is 29.1 Å². The third-order valence-electron chi connectivity index (χ3n) is 12.1. The molecule has 54 heavy (non-hydrogen) atoms. The first-order valence-electron chi connectivity index (χ1n) is 19.3. The van der Waals surface area contributed by atoms with Crippen LogP contribution in [-0.4, -0.2) is 51.2 Å². The van der Waals surface area contributed by atoms with Gasteiger partial charge in [0.2, 0.25) is 0 Å². The number of hydrogen-bond acceptors (Lipinski definition) is 9. The van der Waals surface area contributed by atoms with Gasteiger partial charge in [-0.2, -0.15) is 0 Å². The van der Waals surface area contributed by atoms with E-state index in [0.29, 0.717) is 53.2 Å². The van der Waals surface area contributed by atoms with Gasteiger partial charge in [-0.1, -0.05) is 44.2 Å². The van der Waals surface area contributed by atoms with Crippen molar-refractivity contribution in [1.82, 2.24) is 15.0 Å². The van der Waals surface area contributed by atoms with Gasteiger partial charge in [-0.15, -0.1) is 0 Å². The van der Waals surface area contributed by atoms with Gasteiger partial charge >= 0.3 is 17.9 Å². The van der Waals surface area contributed by atoms with E-state index in [-0.39, 0.29) is 17.5 Å². The molecule has 280 valence electrons. The first-order chi connectivity index (χ1) is 26.2. The number of carbonyl (C=O) groups is 3. The number of hydrogen-bond donors (Lipinski definition) is 0. The molecule has 0 N–H and O–H groups in total. The van der Waals surface area contributed by atoms with Crippen LogP contribution < -0.4 is 0 Å². The van der Waals surface area contributed by atoms with Gasteiger partial charge < -0.3 is 14.2 Å². The van der Waals surface area contributed by atoms with Crippen LogP contribution >= 0.6 is 0 Å². The van der Waals surface area contributed by atoms with Crippen LogP contribution in [0.2, 0.25) is 0 Å². The minimum Gasteiger partial charge on any atom is -0.458 e. The second-order valence-electron chi connectivity index (χ2n) is 15.6. The number of nitrogens with zero attached hydrogens (tertiary/aromatic N) is 3. The van der Waals surface area contributed by atoms with Crippen LogP contribution in [0.15, 0.2) is 121 Å². The normalized spacial score (nSPS) is 28.0. The second kappa shape index (κ2) is 16.5. The summed E-state index contributed by atoms with van der Waals surface area (Å²) < 4.78 is 18.0. The molecule has 4 saturated carbocycles. The Hall–Kier alpha value is -5.18. The quantitative estimate of drug-likeness (QED) is 0.108. The van der Waals surface area contributed by atoms with Crippen molar-refractivity contribution >= 4 is 17.9 Å². The molecule has 7 rings (SSSR count). The Morgan fingerprint density at radius 2 is 1.39 bits per heavy atom. The summed E-state index contributed by atoms with van der Waals surface area (Å²) in [6.45, 7) is 9.16. The molecule has 0 unspecified atom stereocenters. The van der Waals surface area contributed by atoms with Gasteiger partial charge in [0.1, 0.15) is 18.3 Å². The molecule has 7 atom stereocenters. The highest BCUT2D eigenvalue weighted by Gasteiger charge is 2.50. The van der Waals surface area contributed by atoms with Gasteiger partial charge in [0.15, 0.2) is 0 Å². The number of ether oxygens (including phenoxy) is 3. The summed E-state index contributed by atoms with van der Waals surface area (Å²) in [5.74, 6) is 0.465. The number of rotatable bonds is 11. The summed E-state index contributed by atoms with van der Waals surface area (Å²) in [5, 5.41) is 0. The van der Waals surface area contributed by atoms with E-state index in [2.05, 4.69) is 59.7 Å². The van der Waals surface area contributed by atoms with E-state index in [0.717, 1.165) is 49.7 Å². The third kappa shape index (κ3) is 8.46. The molecule has 4 aliphatic carbocycles. The first-order valence-corrected chi connectivity index (χ1v) is 19.3. The smallest absolute Gasteiger partial charge is 0.338 e. The van der Waals surface area contributed by atoms with Gasteiger partial charge in [-0.05, 0) is 128 Å². The van der Waals surface area contributed by atoms with Crippen molar-refractivity contribution in [2.45, 2.75) is 89.9 Å². The molecule has 0 saturated heterocycles. The molecule has 0 spiro atoms. The number of aromatic nitrogens is 3. The molecule has 0 radical (unpaired) electrons. The predicted octanol–water partition coefficient (Wildman–Crippen LogP) is 8.87. The minimum atomic E-state index is -0.650. The van der Waals surface area contributed by atoms with Gasteiger partial charge in [-0.25, -0.2) is 14.4 Å². The average molecular weight is 728 g/mol.